The topological polar surface area (TPSA) is 49.3 Å². The molecule has 126 valence electrons. The van der Waals surface area contributed by atoms with Crippen LogP contribution in [0.5, 0.6) is 0 Å². The van der Waals surface area contributed by atoms with Gasteiger partial charge in [0.1, 0.15) is 0 Å². The number of anilines is 1. The van der Waals surface area contributed by atoms with E-state index in [1.807, 2.05) is 29.8 Å². The maximum absolute atomic E-state index is 11.2. The van der Waals surface area contributed by atoms with E-state index in [1.54, 1.807) is 18.2 Å². The molecule has 0 fully saturated rings. The first kappa shape index (κ1) is 17.0. The molecule has 3 aromatic carbocycles. The summed E-state index contributed by atoms with van der Waals surface area (Å²) >= 11 is 1.08. The normalized spacial score (nSPS) is 11.0. The molecule has 0 aliphatic heterocycles. The molecule has 0 amide bonds. The number of para-hydroxylation sites is 1. The number of hydrogen-bond donors (Lipinski definition) is 3. The van der Waals surface area contributed by atoms with Gasteiger partial charge < -0.3 is 10.4 Å². The van der Waals surface area contributed by atoms with E-state index in [0.717, 1.165) is 17.1 Å². The van der Waals surface area contributed by atoms with Gasteiger partial charge in [0.25, 0.3) is 0 Å². The second-order valence-electron chi connectivity index (χ2n) is 5.53. The van der Waals surface area contributed by atoms with Crippen molar-refractivity contribution in [2.24, 2.45) is 0 Å². The summed E-state index contributed by atoms with van der Waals surface area (Å²) in [4.78, 5) is 11.2. The first-order valence-corrected chi connectivity index (χ1v) is 9.10. The van der Waals surface area contributed by atoms with Gasteiger partial charge in [0.05, 0.1) is 11.3 Å². The zero-order valence-electron chi connectivity index (χ0n) is 13.6. The molecule has 0 spiro atoms. The van der Waals surface area contributed by atoms with Gasteiger partial charge in [-0.05, 0) is 28.8 Å². The van der Waals surface area contributed by atoms with Crippen molar-refractivity contribution in [3.05, 3.63) is 90.0 Å². The molecule has 0 aliphatic carbocycles. The lowest BCUT2D eigenvalue weighted by Crippen LogP contribution is -2.03. The maximum atomic E-state index is 11.2. The second-order valence-corrected chi connectivity index (χ2v) is 6.47. The third-order valence-corrected chi connectivity index (χ3v) is 4.66. The van der Waals surface area contributed by atoms with E-state index in [-0.39, 0.29) is 5.56 Å². The number of carbonyl (C=O) groups is 1. The predicted molar refractivity (Wildman–Crippen MR) is 108 cm³/mol. The summed E-state index contributed by atoms with van der Waals surface area (Å²) in [5.41, 5.74) is 6.44. The van der Waals surface area contributed by atoms with E-state index in [2.05, 4.69) is 41.7 Å². The zero-order chi connectivity index (χ0) is 17.5. The van der Waals surface area contributed by atoms with Crippen molar-refractivity contribution in [1.29, 1.82) is 0 Å². The van der Waals surface area contributed by atoms with Gasteiger partial charge in [-0.1, -0.05) is 66.7 Å². The quantitative estimate of drug-likeness (QED) is 0.439. The third kappa shape index (κ3) is 4.58. The number of nitrogens with one attached hydrogen (secondary N) is 1. The largest absolute Gasteiger partial charge is 0.478 e. The molecule has 0 unspecified atom stereocenters. The van der Waals surface area contributed by atoms with E-state index < -0.39 is 5.97 Å². The summed E-state index contributed by atoms with van der Waals surface area (Å²) in [7, 11) is 0. The summed E-state index contributed by atoms with van der Waals surface area (Å²) in [6.07, 6.45) is 0. The molecular formula is C21H19NO2S. The predicted octanol–water partition coefficient (Wildman–Crippen LogP) is 4.89. The molecule has 25 heavy (non-hydrogen) atoms. The number of aromatic carboxylic acids is 1. The Bertz CT molecular complexity index is 874. The Morgan fingerprint density at radius 1 is 0.880 bits per heavy atom. The van der Waals surface area contributed by atoms with Gasteiger partial charge in [0, 0.05) is 11.2 Å². The van der Waals surface area contributed by atoms with Crippen molar-refractivity contribution in [3.8, 4) is 11.1 Å². The highest BCUT2D eigenvalue weighted by molar-refractivity contribution is 7.96. The van der Waals surface area contributed by atoms with E-state index in [0.29, 0.717) is 5.69 Å². The Labute approximate surface area is 150 Å². The SMILES string of the molecule is O=C(O)c1ccccc1NC=[SH]Cc1ccc(-c2ccccc2)cc1. The van der Waals surface area contributed by atoms with E-state index >= 15 is 0 Å². The van der Waals surface area contributed by atoms with Gasteiger partial charge in [0.15, 0.2) is 0 Å². The summed E-state index contributed by atoms with van der Waals surface area (Å²) in [6, 6.07) is 25.7. The molecule has 3 rings (SSSR count). The smallest absolute Gasteiger partial charge is 0.337 e. The molecule has 0 bridgehead atoms. The molecule has 0 atom stereocenters. The standard InChI is InChI=1S/C21H19NO2S/c23-21(24)19-8-4-5-9-20(19)22-15-25-14-16-10-12-18(13-11-16)17-6-2-1-3-7-17/h1-13,15,22,25H,14H2,(H,23,24). The van der Waals surface area contributed by atoms with Crippen molar-refractivity contribution >= 4 is 28.5 Å². The average molecular weight is 349 g/mol. The first-order chi connectivity index (χ1) is 12.2. The number of carboxylic acids is 1. The highest BCUT2D eigenvalue weighted by Gasteiger charge is 2.06. The molecule has 4 heteroatoms. The van der Waals surface area contributed by atoms with Gasteiger partial charge in [-0.3, -0.25) is 0 Å². The molecule has 0 aromatic heterocycles. The van der Waals surface area contributed by atoms with Crippen LogP contribution in [0.15, 0.2) is 78.9 Å². The molecule has 0 saturated heterocycles. The first-order valence-electron chi connectivity index (χ1n) is 7.95. The molecule has 3 aromatic rings. The summed E-state index contributed by atoms with van der Waals surface area (Å²) in [5.74, 6) is -0.0539. The lowest BCUT2D eigenvalue weighted by Gasteiger charge is -2.05. The fourth-order valence-corrected chi connectivity index (χ4v) is 3.24. The van der Waals surface area contributed by atoms with Crippen molar-refractivity contribution in [2.75, 3.05) is 5.32 Å². The Hall–Kier alpha value is -2.85. The molecule has 2 N–H and O–H groups in total. The van der Waals surface area contributed by atoms with Crippen LogP contribution in [0.4, 0.5) is 5.69 Å². The van der Waals surface area contributed by atoms with Crippen LogP contribution in [0.25, 0.3) is 11.1 Å². The van der Waals surface area contributed by atoms with Gasteiger partial charge in [-0.25, -0.2) is 4.79 Å². The molecule has 0 radical (unpaired) electrons. The van der Waals surface area contributed by atoms with Crippen molar-refractivity contribution in [3.63, 3.8) is 0 Å². The Balaban J connectivity index is 1.61. The maximum Gasteiger partial charge on any atom is 0.337 e. The Morgan fingerprint density at radius 2 is 1.52 bits per heavy atom. The van der Waals surface area contributed by atoms with Crippen LogP contribution < -0.4 is 5.32 Å². The van der Waals surface area contributed by atoms with E-state index in [1.165, 1.54) is 16.7 Å². The number of hydrogen-bond acceptors (Lipinski definition) is 1. The minimum atomic E-state index is -0.926. The van der Waals surface area contributed by atoms with Crippen molar-refractivity contribution in [2.45, 2.75) is 5.75 Å². The highest BCUT2D eigenvalue weighted by Crippen LogP contribution is 2.20. The molecular weight excluding hydrogens is 330 g/mol. The monoisotopic (exact) mass is 349 g/mol. The molecule has 0 heterocycles. The molecule has 0 saturated carbocycles. The van der Waals surface area contributed by atoms with Crippen molar-refractivity contribution < 1.29 is 9.90 Å². The fourth-order valence-electron chi connectivity index (χ4n) is 2.49. The fraction of sp³-hybridized carbons (Fsp3) is 0.0476. The number of carboxylic acid groups (broad SMARTS) is 1. The zero-order valence-corrected chi connectivity index (χ0v) is 14.5. The summed E-state index contributed by atoms with van der Waals surface area (Å²) in [5, 5.41) is 12.2. The molecule has 3 nitrogen and oxygen atoms in total. The van der Waals surface area contributed by atoms with Crippen LogP contribution >= 0.6 is 11.4 Å². The molecule has 0 aliphatic rings. The van der Waals surface area contributed by atoms with Gasteiger partial charge >= 0.3 is 5.97 Å². The summed E-state index contributed by atoms with van der Waals surface area (Å²) < 4.78 is 0. The lowest BCUT2D eigenvalue weighted by molar-refractivity contribution is 0.0698. The minimum absolute atomic E-state index is 0.279. The van der Waals surface area contributed by atoms with E-state index in [9.17, 15) is 4.79 Å². The van der Waals surface area contributed by atoms with Gasteiger partial charge in [0.2, 0.25) is 0 Å². The van der Waals surface area contributed by atoms with Crippen LogP contribution in [0.2, 0.25) is 0 Å². The number of benzene rings is 3. The van der Waals surface area contributed by atoms with Crippen LogP contribution in [-0.2, 0) is 5.75 Å². The summed E-state index contributed by atoms with van der Waals surface area (Å²) in [6.45, 7) is 0. The van der Waals surface area contributed by atoms with Crippen LogP contribution in [-0.4, -0.2) is 16.6 Å². The Morgan fingerprint density at radius 3 is 2.24 bits per heavy atom. The number of thiol groups is 1. The van der Waals surface area contributed by atoms with Crippen LogP contribution in [0.3, 0.4) is 0 Å². The van der Waals surface area contributed by atoms with Crippen LogP contribution in [0.1, 0.15) is 15.9 Å². The van der Waals surface area contributed by atoms with Crippen LogP contribution in [0, 0.1) is 0 Å². The number of rotatable bonds is 6. The Kier molecular flexibility index (Phi) is 5.65. The minimum Gasteiger partial charge on any atom is -0.478 e. The van der Waals surface area contributed by atoms with Crippen molar-refractivity contribution in [1.82, 2.24) is 0 Å². The lowest BCUT2D eigenvalue weighted by atomic mass is 10.0. The van der Waals surface area contributed by atoms with Gasteiger partial charge in [-0.15, -0.1) is 0 Å². The highest BCUT2D eigenvalue weighted by atomic mass is 32.1. The van der Waals surface area contributed by atoms with Gasteiger partial charge in [-0.2, -0.15) is 11.4 Å². The third-order valence-electron chi connectivity index (χ3n) is 3.80. The second kappa shape index (κ2) is 8.31. The average Bonchev–Trinajstić information content (AvgIpc) is 2.66. The van der Waals surface area contributed by atoms with E-state index in [4.69, 9.17) is 5.11 Å².